The van der Waals surface area contributed by atoms with Crippen molar-refractivity contribution in [3.63, 3.8) is 0 Å². The van der Waals surface area contributed by atoms with Crippen molar-refractivity contribution in [1.29, 1.82) is 0 Å². The lowest BCUT2D eigenvalue weighted by molar-refractivity contribution is -0.384. The number of benzene rings is 1. The molecule has 1 aromatic carbocycles. The van der Waals surface area contributed by atoms with E-state index in [0.29, 0.717) is 24.1 Å². The zero-order valence-corrected chi connectivity index (χ0v) is 10.6. The summed E-state index contributed by atoms with van der Waals surface area (Å²) in [6, 6.07) is 6.68. The maximum Gasteiger partial charge on any atom is 0.320 e. The van der Waals surface area contributed by atoms with Crippen LogP contribution >= 0.6 is 0 Å². The number of fused-ring (bicyclic) bond motifs is 1. The summed E-state index contributed by atoms with van der Waals surface area (Å²) < 4.78 is 5.48. The van der Waals surface area contributed by atoms with Crippen LogP contribution in [0.1, 0.15) is 6.92 Å². The molecule has 2 aromatic rings. The summed E-state index contributed by atoms with van der Waals surface area (Å²) in [5, 5.41) is 14.8. The van der Waals surface area contributed by atoms with E-state index < -0.39 is 4.92 Å². The molecule has 6 heteroatoms. The summed E-state index contributed by atoms with van der Waals surface area (Å²) in [6.07, 6.45) is 1.61. The Morgan fingerprint density at radius 2 is 2.26 bits per heavy atom. The number of nitrogens with one attached hydrogen (secondary N) is 1. The minimum atomic E-state index is -0.424. The van der Waals surface area contributed by atoms with Gasteiger partial charge in [0.05, 0.1) is 15.8 Å². The highest BCUT2D eigenvalue weighted by atomic mass is 16.6. The summed E-state index contributed by atoms with van der Waals surface area (Å²) in [7, 11) is 0. The molecule has 100 valence electrons. The molecule has 0 saturated carbocycles. The third kappa shape index (κ3) is 2.97. The Bertz CT molecular complexity index is 586. The lowest BCUT2D eigenvalue weighted by atomic mass is 10.1. The number of aromatic nitrogens is 1. The molecule has 1 heterocycles. The first-order valence-electron chi connectivity index (χ1n) is 6.09. The maximum atomic E-state index is 11.2. The fourth-order valence-corrected chi connectivity index (χ4v) is 1.83. The van der Waals surface area contributed by atoms with Gasteiger partial charge in [-0.15, -0.1) is 0 Å². The van der Waals surface area contributed by atoms with Crippen molar-refractivity contribution in [1.82, 2.24) is 10.3 Å². The van der Waals surface area contributed by atoms with E-state index >= 15 is 0 Å². The number of ether oxygens (including phenoxy) is 1. The number of rotatable bonds is 6. The van der Waals surface area contributed by atoms with E-state index in [1.54, 1.807) is 30.5 Å². The number of hydrogen-bond donors (Lipinski definition) is 1. The zero-order chi connectivity index (χ0) is 13.7. The molecule has 1 aromatic heterocycles. The maximum absolute atomic E-state index is 11.2. The molecule has 0 aliphatic rings. The predicted molar refractivity (Wildman–Crippen MR) is 72.4 cm³/mol. The molecule has 1 N–H and O–H groups in total. The number of nitro groups is 1. The fourth-order valence-electron chi connectivity index (χ4n) is 1.83. The molecule has 2 rings (SSSR count). The number of pyridine rings is 1. The van der Waals surface area contributed by atoms with Gasteiger partial charge < -0.3 is 10.1 Å². The lowest BCUT2D eigenvalue weighted by Gasteiger charge is -2.08. The van der Waals surface area contributed by atoms with Crippen molar-refractivity contribution in [2.24, 2.45) is 0 Å². The van der Waals surface area contributed by atoms with Gasteiger partial charge in [0.2, 0.25) is 0 Å². The van der Waals surface area contributed by atoms with Crippen LogP contribution in [0.2, 0.25) is 0 Å². The van der Waals surface area contributed by atoms with Crippen LogP contribution in [0.4, 0.5) is 5.69 Å². The van der Waals surface area contributed by atoms with Gasteiger partial charge in [-0.25, -0.2) is 0 Å². The SMILES string of the molecule is CCNCCOc1ccc2ncccc2c1[N+](=O)[O-]. The molecule has 0 saturated heterocycles. The minimum absolute atomic E-state index is 0.0258. The van der Waals surface area contributed by atoms with Gasteiger partial charge in [0.1, 0.15) is 6.61 Å². The second-order valence-electron chi connectivity index (χ2n) is 3.94. The predicted octanol–water partition coefficient (Wildman–Crippen LogP) is 2.13. The largest absolute Gasteiger partial charge is 0.485 e. The number of nitrogens with zero attached hydrogens (tertiary/aromatic N) is 2. The van der Waals surface area contributed by atoms with Crippen molar-refractivity contribution in [2.45, 2.75) is 6.92 Å². The third-order valence-corrected chi connectivity index (χ3v) is 2.69. The third-order valence-electron chi connectivity index (χ3n) is 2.69. The Morgan fingerprint density at radius 1 is 1.42 bits per heavy atom. The lowest BCUT2D eigenvalue weighted by Crippen LogP contribution is -2.20. The molecule has 0 amide bonds. The van der Waals surface area contributed by atoms with Gasteiger partial charge in [-0.2, -0.15) is 0 Å². The second-order valence-corrected chi connectivity index (χ2v) is 3.94. The van der Waals surface area contributed by atoms with Crippen LogP contribution in [0.15, 0.2) is 30.5 Å². The smallest absolute Gasteiger partial charge is 0.320 e. The highest BCUT2D eigenvalue weighted by molar-refractivity contribution is 5.90. The molecule has 0 radical (unpaired) electrons. The monoisotopic (exact) mass is 261 g/mol. The van der Waals surface area contributed by atoms with Crippen molar-refractivity contribution in [3.8, 4) is 5.75 Å². The van der Waals surface area contributed by atoms with E-state index in [9.17, 15) is 10.1 Å². The topological polar surface area (TPSA) is 77.3 Å². The van der Waals surface area contributed by atoms with Crippen LogP contribution in [0.3, 0.4) is 0 Å². The van der Waals surface area contributed by atoms with Gasteiger partial charge in [-0.3, -0.25) is 15.1 Å². The number of hydrogen-bond acceptors (Lipinski definition) is 5. The summed E-state index contributed by atoms with van der Waals surface area (Å²) in [6.45, 7) is 3.87. The second kappa shape index (κ2) is 6.10. The molecule has 0 aliphatic heterocycles. The van der Waals surface area contributed by atoms with Gasteiger partial charge in [-0.05, 0) is 30.8 Å². The molecule has 0 unspecified atom stereocenters. The average molecular weight is 261 g/mol. The van der Waals surface area contributed by atoms with E-state index in [4.69, 9.17) is 4.74 Å². The minimum Gasteiger partial charge on any atom is -0.485 e. The first kappa shape index (κ1) is 13.2. The highest BCUT2D eigenvalue weighted by Crippen LogP contribution is 2.34. The first-order valence-corrected chi connectivity index (χ1v) is 6.09. The van der Waals surface area contributed by atoms with Gasteiger partial charge in [-0.1, -0.05) is 6.92 Å². The van der Waals surface area contributed by atoms with E-state index in [1.807, 2.05) is 6.92 Å². The van der Waals surface area contributed by atoms with Gasteiger partial charge >= 0.3 is 5.69 Å². The molecular weight excluding hydrogens is 246 g/mol. The normalized spacial score (nSPS) is 10.6. The molecular formula is C13H15N3O3. The molecule has 19 heavy (non-hydrogen) atoms. The van der Waals surface area contributed by atoms with Gasteiger partial charge in [0, 0.05) is 12.7 Å². The van der Waals surface area contributed by atoms with Crippen LogP contribution in [0, 0.1) is 10.1 Å². The Labute approximate surface area is 110 Å². The molecule has 6 nitrogen and oxygen atoms in total. The summed E-state index contributed by atoms with van der Waals surface area (Å²) in [5.74, 6) is 0.281. The van der Waals surface area contributed by atoms with Gasteiger partial charge in [0.15, 0.2) is 5.75 Å². The van der Waals surface area contributed by atoms with E-state index in [2.05, 4.69) is 10.3 Å². The Morgan fingerprint density at radius 3 is 3.00 bits per heavy atom. The Kier molecular flexibility index (Phi) is 4.25. The zero-order valence-electron chi connectivity index (χ0n) is 10.6. The van der Waals surface area contributed by atoms with Crippen LogP contribution in [0.25, 0.3) is 10.9 Å². The summed E-state index contributed by atoms with van der Waals surface area (Å²) in [5.41, 5.74) is 0.565. The van der Waals surface area contributed by atoms with E-state index in [1.165, 1.54) is 0 Å². The molecule has 0 spiro atoms. The molecule has 0 aliphatic carbocycles. The Hall–Kier alpha value is -2.21. The van der Waals surface area contributed by atoms with Crippen molar-refractivity contribution < 1.29 is 9.66 Å². The fraction of sp³-hybridized carbons (Fsp3) is 0.308. The van der Waals surface area contributed by atoms with Crippen molar-refractivity contribution in [3.05, 3.63) is 40.6 Å². The van der Waals surface area contributed by atoms with Crippen LogP contribution in [-0.4, -0.2) is 29.6 Å². The molecule has 0 bridgehead atoms. The standard InChI is InChI=1S/C13H15N3O3/c1-2-14-8-9-19-12-6-5-11-10(4-3-7-15-11)13(12)16(17)18/h3-7,14H,2,8-9H2,1H3. The van der Waals surface area contributed by atoms with Crippen molar-refractivity contribution >= 4 is 16.6 Å². The van der Waals surface area contributed by atoms with Crippen molar-refractivity contribution in [2.75, 3.05) is 19.7 Å². The Balaban J connectivity index is 2.32. The molecule has 0 atom stereocenters. The van der Waals surface area contributed by atoms with E-state index in [-0.39, 0.29) is 11.4 Å². The quantitative estimate of drug-likeness (QED) is 0.489. The number of likely N-dealkylation sites (N-methyl/N-ethyl adjacent to an activating group) is 1. The van der Waals surface area contributed by atoms with E-state index in [0.717, 1.165) is 6.54 Å². The first-order chi connectivity index (χ1) is 9.24. The average Bonchev–Trinajstić information content (AvgIpc) is 2.42. The summed E-state index contributed by atoms with van der Waals surface area (Å²) in [4.78, 5) is 14.9. The number of nitro benzene ring substituents is 1. The molecule has 0 fully saturated rings. The summed E-state index contributed by atoms with van der Waals surface area (Å²) >= 11 is 0. The highest BCUT2D eigenvalue weighted by Gasteiger charge is 2.19. The van der Waals surface area contributed by atoms with Crippen LogP contribution in [0.5, 0.6) is 5.75 Å². The van der Waals surface area contributed by atoms with Crippen LogP contribution in [-0.2, 0) is 0 Å². The van der Waals surface area contributed by atoms with Crippen LogP contribution < -0.4 is 10.1 Å². The van der Waals surface area contributed by atoms with Gasteiger partial charge in [0.25, 0.3) is 0 Å².